The summed E-state index contributed by atoms with van der Waals surface area (Å²) in [6.45, 7) is 11.5. The Morgan fingerprint density at radius 3 is 2.39 bits per heavy atom. The maximum atomic E-state index is 5.91. The smallest absolute Gasteiger partial charge is 0.123 e. The first-order valence-corrected chi connectivity index (χ1v) is 6.90. The highest BCUT2D eigenvalue weighted by Gasteiger charge is 2.19. The van der Waals surface area contributed by atoms with Crippen LogP contribution in [0.25, 0.3) is 0 Å². The monoisotopic (exact) mass is 249 g/mol. The SMILES string of the molecule is CCc1ccc(OCC(N)CC)c(C(C)(C)C)c1. The topological polar surface area (TPSA) is 35.2 Å². The lowest BCUT2D eigenvalue weighted by atomic mass is 9.85. The summed E-state index contributed by atoms with van der Waals surface area (Å²) in [5.41, 5.74) is 8.63. The normalized spacial score (nSPS) is 13.4. The molecule has 0 aliphatic carbocycles. The fourth-order valence-corrected chi connectivity index (χ4v) is 1.82. The van der Waals surface area contributed by atoms with Gasteiger partial charge in [0.2, 0.25) is 0 Å². The molecule has 0 aliphatic rings. The van der Waals surface area contributed by atoms with Gasteiger partial charge in [0, 0.05) is 6.04 Å². The Labute approximate surface area is 112 Å². The number of aryl methyl sites for hydroxylation is 1. The highest BCUT2D eigenvalue weighted by Crippen LogP contribution is 2.32. The van der Waals surface area contributed by atoms with E-state index in [4.69, 9.17) is 10.5 Å². The molecule has 0 heterocycles. The second kappa shape index (κ2) is 6.24. The van der Waals surface area contributed by atoms with Crippen molar-refractivity contribution in [3.8, 4) is 5.75 Å². The van der Waals surface area contributed by atoms with Gasteiger partial charge < -0.3 is 10.5 Å². The zero-order valence-corrected chi connectivity index (χ0v) is 12.4. The number of ether oxygens (including phenoxy) is 1. The van der Waals surface area contributed by atoms with Crippen LogP contribution < -0.4 is 10.5 Å². The Bertz CT molecular complexity index is 379. The first kappa shape index (κ1) is 15.0. The Morgan fingerprint density at radius 2 is 1.89 bits per heavy atom. The van der Waals surface area contributed by atoms with E-state index in [-0.39, 0.29) is 11.5 Å². The minimum Gasteiger partial charge on any atom is -0.492 e. The first-order chi connectivity index (χ1) is 8.38. The van der Waals surface area contributed by atoms with Crippen LogP contribution in [0.5, 0.6) is 5.75 Å². The molecule has 0 saturated heterocycles. The molecule has 0 fully saturated rings. The summed E-state index contributed by atoms with van der Waals surface area (Å²) in [7, 11) is 0. The second-order valence-electron chi connectivity index (χ2n) is 5.91. The van der Waals surface area contributed by atoms with E-state index in [1.807, 2.05) is 0 Å². The third kappa shape index (κ3) is 4.02. The van der Waals surface area contributed by atoms with Crippen molar-refractivity contribution < 1.29 is 4.74 Å². The summed E-state index contributed by atoms with van der Waals surface area (Å²) in [4.78, 5) is 0. The summed E-state index contributed by atoms with van der Waals surface area (Å²) < 4.78 is 5.89. The number of hydrogen-bond donors (Lipinski definition) is 1. The van der Waals surface area contributed by atoms with Crippen LogP contribution in [-0.4, -0.2) is 12.6 Å². The van der Waals surface area contributed by atoms with Crippen molar-refractivity contribution in [2.24, 2.45) is 5.73 Å². The van der Waals surface area contributed by atoms with Crippen molar-refractivity contribution in [2.45, 2.75) is 58.9 Å². The van der Waals surface area contributed by atoms with Crippen molar-refractivity contribution in [1.82, 2.24) is 0 Å². The number of benzene rings is 1. The lowest BCUT2D eigenvalue weighted by Crippen LogP contribution is -2.27. The molecule has 1 aromatic carbocycles. The summed E-state index contributed by atoms with van der Waals surface area (Å²) in [5, 5.41) is 0. The standard InChI is InChI=1S/C16H27NO/c1-6-12-8-9-15(18-11-13(17)7-2)14(10-12)16(3,4)5/h8-10,13H,6-7,11,17H2,1-5H3. The van der Waals surface area contributed by atoms with Gasteiger partial charge in [0.25, 0.3) is 0 Å². The molecule has 18 heavy (non-hydrogen) atoms. The number of rotatable bonds is 5. The highest BCUT2D eigenvalue weighted by atomic mass is 16.5. The van der Waals surface area contributed by atoms with E-state index in [2.05, 4.69) is 52.8 Å². The Balaban J connectivity index is 2.96. The van der Waals surface area contributed by atoms with E-state index in [0.717, 1.165) is 18.6 Å². The van der Waals surface area contributed by atoms with Gasteiger partial charge in [0.05, 0.1) is 0 Å². The molecule has 1 rings (SSSR count). The summed E-state index contributed by atoms with van der Waals surface area (Å²) in [6.07, 6.45) is 2.00. The van der Waals surface area contributed by atoms with Gasteiger partial charge in [-0.1, -0.05) is 46.8 Å². The van der Waals surface area contributed by atoms with Crippen LogP contribution in [0.4, 0.5) is 0 Å². The minimum atomic E-state index is 0.0941. The molecule has 0 radical (unpaired) electrons. The Hall–Kier alpha value is -1.02. The van der Waals surface area contributed by atoms with Gasteiger partial charge in [-0.25, -0.2) is 0 Å². The van der Waals surface area contributed by atoms with E-state index in [0.29, 0.717) is 6.61 Å². The van der Waals surface area contributed by atoms with Gasteiger partial charge in [-0.2, -0.15) is 0 Å². The van der Waals surface area contributed by atoms with Gasteiger partial charge in [-0.05, 0) is 35.4 Å². The van der Waals surface area contributed by atoms with Crippen molar-refractivity contribution in [3.63, 3.8) is 0 Å². The van der Waals surface area contributed by atoms with Crippen LogP contribution in [0.3, 0.4) is 0 Å². The van der Waals surface area contributed by atoms with Crippen LogP contribution in [-0.2, 0) is 11.8 Å². The molecule has 1 aromatic rings. The van der Waals surface area contributed by atoms with Crippen molar-refractivity contribution in [3.05, 3.63) is 29.3 Å². The lowest BCUT2D eigenvalue weighted by molar-refractivity contribution is 0.278. The van der Waals surface area contributed by atoms with Crippen LogP contribution in [0.15, 0.2) is 18.2 Å². The maximum Gasteiger partial charge on any atom is 0.123 e. The van der Waals surface area contributed by atoms with Gasteiger partial charge in [-0.3, -0.25) is 0 Å². The van der Waals surface area contributed by atoms with Gasteiger partial charge in [-0.15, -0.1) is 0 Å². The Morgan fingerprint density at radius 1 is 1.22 bits per heavy atom. The summed E-state index contributed by atoms with van der Waals surface area (Å²) >= 11 is 0. The largest absolute Gasteiger partial charge is 0.492 e. The fraction of sp³-hybridized carbons (Fsp3) is 0.625. The van der Waals surface area contributed by atoms with E-state index < -0.39 is 0 Å². The van der Waals surface area contributed by atoms with E-state index in [9.17, 15) is 0 Å². The quantitative estimate of drug-likeness (QED) is 0.864. The van der Waals surface area contributed by atoms with Crippen LogP contribution in [0, 0.1) is 0 Å². The van der Waals surface area contributed by atoms with Gasteiger partial charge >= 0.3 is 0 Å². The van der Waals surface area contributed by atoms with Crippen molar-refractivity contribution >= 4 is 0 Å². The predicted octanol–water partition coefficient (Wildman–Crippen LogP) is 3.66. The van der Waals surface area contributed by atoms with Crippen LogP contribution in [0.2, 0.25) is 0 Å². The number of nitrogens with two attached hydrogens (primary N) is 1. The molecule has 2 nitrogen and oxygen atoms in total. The first-order valence-electron chi connectivity index (χ1n) is 6.90. The highest BCUT2D eigenvalue weighted by molar-refractivity contribution is 5.41. The molecular weight excluding hydrogens is 222 g/mol. The number of hydrogen-bond acceptors (Lipinski definition) is 2. The molecule has 0 aliphatic heterocycles. The lowest BCUT2D eigenvalue weighted by Gasteiger charge is -2.24. The van der Waals surface area contributed by atoms with Crippen molar-refractivity contribution in [1.29, 1.82) is 0 Å². The molecule has 0 bridgehead atoms. The third-order valence-electron chi connectivity index (χ3n) is 3.24. The maximum absolute atomic E-state index is 5.91. The zero-order valence-electron chi connectivity index (χ0n) is 12.4. The third-order valence-corrected chi connectivity index (χ3v) is 3.24. The minimum absolute atomic E-state index is 0.0941. The molecular formula is C16H27NO. The average Bonchev–Trinajstić information content (AvgIpc) is 2.34. The molecule has 2 heteroatoms. The summed E-state index contributed by atoms with van der Waals surface area (Å²) in [6, 6.07) is 6.60. The van der Waals surface area contributed by atoms with Gasteiger partial charge in [0.15, 0.2) is 0 Å². The van der Waals surface area contributed by atoms with Crippen molar-refractivity contribution in [2.75, 3.05) is 6.61 Å². The predicted molar refractivity (Wildman–Crippen MR) is 78.3 cm³/mol. The molecule has 102 valence electrons. The van der Waals surface area contributed by atoms with E-state index in [1.54, 1.807) is 0 Å². The molecule has 2 N–H and O–H groups in total. The van der Waals surface area contributed by atoms with Crippen LogP contribution >= 0.6 is 0 Å². The fourth-order valence-electron chi connectivity index (χ4n) is 1.82. The van der Waals surface area contributed by atoms with E-state index in [1.165, 1.54) is 11.1 Å². The molecule has 0 saturated carbocycles. The Kier molecular flexibility index (Phi) is 5.21. The zero-order chi connectivity index (χ0) is 13.8. The molecule has 0 amide bonds. The average molecular weight is 249 g/mol. The van der Waals surface area contributed by atoms with Crippen LogP contribution in [0.1, 0.15) is 52.2 Å². The van der Waals surface area contributed by atoms with Gasteiger partial charge in [0.1, 0.15) is 12.4 Å². The molecule has 0 spiro atoms. The summed E-state index contributed by atoms with van der Waals surface area (Å²) in [5.74, 6) is 0.976. The molecule has 1 atom stereocenters. The molecule has 1 unspecified atom stereocenters. The molecule has 0 aromatic heterocycles. The van der Waals surface area contributed by atoms with E-state index >= 15 is 0 Å². The second-order valence-corrected chi connectivity index (χ2v) is 5.91.